The molecule has 0 aliphatic heterocycles. The largest absolute Gasteiger partial charge is 0.301 e. The fourth-order valence-corrected chi connectivity index (χ4v) is 4.29. The number of thioether (sulfide) groups is 1. The highest BCUT2D eigenvalue weighted by Gasteiger charge is 2.14. The van der Waals surface area contributed by atoms with Crippen molar-refractivity contribution < 1.29 is 9.59 Å². The van der Waals surface area contributed by atoms with E-state index in [1.807, 2.05) is 13.8 Å². The highest BCUT2D eigenvalue weighted by molar-refractivity contribution is 9.10. The van der Waals surface area contributed by atoms with Crippen LogP contribution in [0.3, 0.4) is 0 Å². The third-order valence-electron chi connectivity index (χ3n) is 3.72. The Labute approximate surface area is 165 Å². The molecule has 3 aromatic rings. The standard InChI is InChI=1S/C17H14BrN3O3S2/c1-8-9(2)26-16-13(8)15(24)20-17(21-16)25-7-12(22)19-14(23)10-3-5-11(18)6-4-10/h3-6H,7H2,1-2H3,(H,19,22,23)(H,20,21,24). The van der Waals surface area contributed by atoms with Crippen molar-refractivity contribution >= 4 is 61.1 Å². The minimum Gasteiger partial charge on any atom is -0.301 e. The van der Waals surface area contributed by atoms with Gasteiger partial charge in [-0.3, -0.25) is 19.7 Å². The Morgan fingerprint density at radius 1 is 1.27 bits per heavy atom. The third-order valence-corrected chi connectivity index (χ3v) is 6.22. The molecule has 134 valence electrons. The summed E-state index contributed by atoms with van der Waals surface area (Å²) in [6.07, 6.45) is 0. The number of hydrogen-bond donors (Lipinski definition) is 2. The van der Waals surface area contributed by atoms with Gasteiger partial charge in [0.15, 0.2) is 5.16 Å². The molecule has 0 fully saturated rings. The maximum Gasteiger partial charge on any atom is 0.260 e. The number of benzene rings is 1. The lowest BCUT2D eigenvalue weighted by Gasteiger charge is -2.04. The Morgan fingerprint density at radius 3 is 2.65 bits per heavy atom. The summed E-state index contributed by atoms with van der Waals surface area (Å²) in [5, 5.41) is 3.27. The first-order valence-electron chi connectivity index (χ1n) is 7.57. The molecular formula is C17H14BrN3O3S2. The van der Waals surface area contributed by atoms with Crippen LogP contribution in [0.25, 0.3) is 10.2 Å². The van der Waals surface area contributed by atoms with Crippen LogP contribution in [-0.2, 0) is 4.79 Å². The molecule has 0 aliphatic rings. The molecule has 0 saturated heterocycles. The first-order valence-corrected chi connectivity index (χ1v) is 10.2. The van der Waals surface area contributed by atoms with Gasteiger partial charge in [0.05, 0.1) is 11.1 Å². The second kappa shape index (κ2) is 7.73. The van der Waals surface area contributed by atoms with Crippen LogP contribution < -0.4 is 10.9 Å². The van der Waals surface area contributed by atoms with Crippen molar-refractivity contribution in [3.8, 4) is 0 Å². The molecule has 0 radical (unpaired) electrons. The van der Waals surface area contributed by atoms with E-state index in [1.54, 1.807) is 24.3 Å². The molecular weight excluding hydrogens is 438 g/mol. The topological polar surface area (TPSA) is 91.9 Å². The van der Waals surface area contributed by atoms with E-state index >= 15 is 0 Å². The predicted octanol–water partition coefficient (Wildman–Crippen LogP) is 3.41. The number of carbonyl (C=O) groups is 2. The lowest BCUT2D eigenvalue weighted by molar-refractivity contribution is -0.117. The van der Waals surface area contributed by atoms with Gasteiger partial charge in [0, 0.05) is 14.9 Å². The molecule has 2 amide bonds. The quantitative estimate of drug-likeness (QED) is 0.468. The summed E-state index contributed by atoms with van der Waals surface area (Å²) in [4.78, 5) is 45.0. The monoisotopic (exact) mass is 451 g/mol. The molecule has 0 bridgehead atoms. The normalized spacial score (nSPS) is 10.9. The zero-order valence-corrected chi connectivity index (χ0v) is 17.1. The van der Waals surface area contributed by atoms with Crippen LogP contribution in [-0.4, -0.2) is 27.5 Å². The molecule has 3 rings (SSSR count). The van der Waals surface area contributed by atoms with E-state index in [4.69, 9.17) is 0 Å². The molecule has 2 heterocycles. The molecule has 0 atom stereocenters. The second-order valence-electron chi connectivity index (χ2n) is 5.51. The summed E-state index contributed by atoms with van der Waals surface area (Å²) in [5.74, 6) is -0.950. The second-order valence-corrected chi connectivity index (χ2v) is 8.59. The number of hydrogen-bond acceptors (Lipinski definition) is 6. The van der Waals surface area contributed by atoms with Gasteiger partial charge in [-0.15, -0.1) is 11.3 Å². The molecule has 26 heavy (non-hydrogen) atoms. The zero-order valence-electron chi connectivity index (χ0n) is 13.9. The zero-order chi connectivity index (χ0) is 18.8. The molecule has 6 nitrogen and oxygen atoms in total. The van der Waals surface area contributed by atoms with Crippen LogP contribution in [0.4, 0.5) is 0 Å². The Morgan fingerprint density at radius 2 is 1.96 bits per heavy atom. The number of rotatable bonds is 4. The van der Waals surface area contributed by atoms with Crippen LogP contribution >= 0.6 is 39.0 Å². The Kier molecular flexibility index (Phi) is 5.59. The van der Waals surface area contributed by atoms with Crippen molar-refractivity contribution in [3.63, 3.8) is 0 Å². The number of aromatic amines is 1. The van der Waals surface area contributed by atoms with Gasteiger partial charge in [-0.2, -0.15) is 0 Å². The number of thiophene rings is 1. The van der Waals surface area contributed by atoms with Crippen LogP contribution in [0, 0.1) is 13.8 Å². The molecule has 2 N–H and O–H groups in total. The highest BCUT2D eigenvalue weighted by atomic mass is 79.9. The highest BCUT2D eigenvalue weighted by Crippen LogP contribution is 2.27. The van der Waals surface area contributed by atoms with E-state index in [-0.39, 0.29) is 11.3 Å². The Bertz CT molecular complexity index is 1060. The summed E-state index contributed by atoms with van der Waals surface area (Å²) in [5.41, 5.74) is 1.10. The Hall–Kier alpha value is -1.97. The van der Waals surface area contributed by atoms with E-state index in [2.05, 4.69) is 31.2 Å². The molecule has 2 aromatic heterocycles. The van der Waals surface area contributed by atoms with Crippen molar-refractivity contribution in [1.82, 2.24) is 15.3 Å². The van der Waals surface area contributed by atoms with Gasteiger partial charge in [0.1, 0.15) is 4.83 Å². The number of nitrogens with zero attached hydrogens (tertiary/aromatic N) is 1. The molecule has 0 unspecified atom stereocenters. The van der Waals surface area contributed by atoms with Crippen LogP contribution in [0.2, 0.25) is 0 Å². The lowest BCUT2D eigenvalue weighted by Crippen LogP contribution is -2.31. The molecule has 9 heteroatoms. The predicted molar refractivity (Wildman–Crippen MR) is 107 cm³/mol. The average molecular weight is 452 g/mol. The van der Waals surface area contributed by atoms with Crippen molar-refractivity contribution in [2.24, 2.45) is 0 Å². The summed E-state index contributed by atoms with van der Waals surface area (Å²) >= 11 is 5.82. The lowest BCUT2D eigenvalue weighted by atomic mass is 10.2. The third kappa shape index (κ3) is 4.05. The molecule has 0 aliphatic carbocycles. The van der Waals surface area contributed by atoms with Gasteiger partial charge in [-0.1, -0.05) is 27.7 Å². The van der Waals surface area contributed by atoms with E-state index in [1.165, 1.54) is 11.3 Å². The van der Waals surface area contributed by atoms with Crippen molar-refractivity contribution in [3.05, 3.63) is 55.1 Å². The van der Waals surface area contributed by atoms with Crippen molar-refractivity contribution in [2.45, 2.75) is 19.0 Å². The first kappa shape index (κ1) is 18.8. The van der Waals surface area contributed by atoms with E-state index in [9.17, 15) is 14.4 Å². The van der Waals surface area contributed by atoms with E-state index in [0.717, 1.165) is 26.7 Å². The van der Waals surface area contributed by atoms with Crippen molar-refractivity contribution in [2.75, 3.05) is 5.75 Å². The fourth-order valence-electron chi connectivity index (χ4n) is 2.27. The van der Waals surface area contributed by atoms with Gasteiger partial charge < -0.3 is 4.98 Å². The summed E-state index contributed by atoms with van der Waals surface area (Å²) < 4.78 is 0.848. The van der Waals surface area contributed by atoms with Gasteiger partial charge in [0.2, 0.25) is 5.91 Å². The number of aromatic nitrogens is 2. The van der Waals surface area contributed by atoms with Gasteiger partial charge in [0.25, 0.3) is 11.5 Å². The molecule has 0 saturated carbocycles. The smallest absolute Gasteiger partial charge is 0.260 e. The number of nitrogens with one attached hydrogen (secondary N) is 2. The first-order chi connectivity index (χ1) is 12.3. The maximum atomic E-state index is 12.2. The van der Waals surface area contributed by atoms with E-state index in [0.29, 0.717) is 20.9 Å². The average Bonchev–Trinajstić information content (AvgIpc) is 2.88. The molecule has 1 aromatic carbocycles. The number of H-pyrrole nitrogens is 1. The number of halogens is 1. The van der Waals surface area contributed by atoms with Crippen LogP contribution in [0.5, 0.6) is 0 Å². The number of fused-ring (bicyclic) bond motifs is 1. The molecule has 0 spiro atoms. The van der Waals surface area contributed by atoms with Crippen molar-refractivity contribution in [1.29, 1.82) is 0 Å². The maximum absolute atomic E-state index is 12.2. The minimum absolute atomic E-state index is 0.0277. The Balaban J connectivity index is 1.66. The summed E-state index contributed by atoms with van der Waals surface area (Å²) in [7, 11) is 0. The van der Waals surface area contributed by atoms with Gasteiger partial charge in [-0.25, -0.2) is 4.98 Å². The minimum atomic E-state index is -0.468. The SMILES string of the molecule is Cc1sc2nc(SCC(=O)NC(=O)c3ccc(Br)cc3)[nH]c(=O)c2c1C. The number of carbonyl (C=O) groups excluding carboxylic acids is 2. The van der Waals surface area contributed by atoms with Crippen LogP contribution in [0.15, 0.2) is 38.7 Å². The summed E-state index contributed by atoms with van der Waals surface area (Å²) in [6, 6.07) is 6.69. The van der Waals surface area contributed by atoms with Gasteiger partial charge >= 0.3 is 0 Å². The van der Waals surface area contributed by atoms with E-state index < -0.39 is 11.8 Å². The van der Waals surface area contributed by atoms with Gasteiger partial charge in [-0.05, 0) is 43.7 Å². The fraction of sp³-hybridized carbons (Fsp3) is 0.176. The number of imide groups is 1. The van der Waals surface area contributed by atoms with Crippen LogP contribution in [0.1, 0.15) is 20.8 Å². The summed E-state index contributed by atoms with van der Waals surface area (Å²) in [6.45, 7) is 3.83. The number of amides is 2. The number of aryl methyl sites for hydroxylation is 2.